The van der Waals surface area contributed by atoms with Gasteiger partial charge in [0.2, 0.25) is 10.9 Å². The highest BCUT2D eigenvalue weighted by atomic mass is 32.1. The molecule has 158 valence electrons. The van der Waals surface area contributed by atoms with Crippen LogP contribution in [0.2, 0.25) is 0 Å². The van der Waals surface area contributed by atoms with Gasteiger partial charge in [0.15, 0.2) is 11.5 Å². The number of carbonyl (C=O) groups excluding carboxylic acids is 2. The fourth-order valence-electron chi connectivity index (χ4n) is 3.01. The largest absolute Gasteiger partial charge is 0.493 e. The Balaban J connectivity index is 1.56. The molecular formula is C21H19N5O4S. The zero-order valence-electron chi connectivity index (χ0n) is 17.0. The van der Waals surface area contributed by atoms with Gasteiger partial charge in [0.25, 0.3) is 11.9 Å². The summed E-state index contributed by atoms with van der Waals surface area (Å²) < 4.78 is 12.1. The molecule has 31 heavy (non-hydrogen) atoms. The first-order valence-electron chi connectivity index (χ1n) is 9.24. The van der Waals surface area contributed by atoms with E-state index in [2.05, 4.69) is 20.7 Å². The summed E-state index contributed by atoms with van der Waals surface area (Å²) in [6.45, 7) is 1.46. The van der Waals surface area contributed by atoms with Crippen molar-refractivity contribution in [3.63, 3.8) is 0 Å². The molecule has 2 aromatic heterocycles. The van der Waals surface area contributed by atoms with Crippen LogP contribution < -0.4 is 20.1 Å². The fraction of sp³-hybridized carbons (Fsp3) is 0.143. The number of thiazole rings is 1. The van der Waals surface area contributed by atoms with Crippen LogP contribution in [0, 0.1) is 0 Å². The number of hydrogen-bond donors (Lipinski definition) is 2. The van der Waals surface area contributed by atoms with Crippen molar-refractivity contribution in [2.24, 2.45) is 0 Å². The minimum Gasteiger partial charge on any atom is -0.493 e. The first-order chi connectivity index (χ1) is 15.0. The third kappa shape index (κ3) is 4.19. The molecule has 0 atom stereocenters. The third-order valence-corrected chi connectivity index (χ3v) is 5.27. The number of methoxy groups -OCH3 is 2. The maximum absolute atomic E-state index is 12.6. The Labute approximate surface area is 181 Å². The van der Waals surface area contributed by atoms with Crippen LogP contribution in [-0.2, 0) is 4.79 Å². The number of anilines is 2. The molecule has 4 rings (SSSR count). The summed E-state index contributed by atoms with van der Waals surface area (Å²) >= 11 is 1.41. The molecule has 0 unspecified atom stereocenters. The first kappa shape index (κ1) is 20.4. The number of amides is 2. The van der Waals surface area contributed by atoms with Crippen molar-refractivity contribution in [3.05, 3.63) is 53.4 Å². The van der Waals surface area contributed by atoms with Crippen molar-refractivity contribution < 1.29 is 19.1 Å². The van der Waals surface area contributed by atoms with Gasteiger partial charge in [0.1, 0.15) is 0 Å². The van der Waals surface area contributed by atoms with Gasteiger partial charge in [-0.15, -0.1) is 16.4 Å². The van der Waals surface area contributed by atoms with Gasteiger partial charge in [-0.3, -0.25) is 14.9 Å². The lowest BCUT2D eigenvalue weighted by Gasteiger charge is -2.08. The highest BCUT2D eigenvalue weighted by Gasteiger charge is 2.16. The maximum atomic E-state index is 12.6. The molecule has 4 aromatic rings. The Morgan fingerprint density at radius 2 is 1.74 bits per heavy atom. The average Bonchev–Trinajstić information content (AvgIpc) is 3.33. The van der Waals surface area contributed by atoms with E-state index in [9.17, 15) is 9.59 Å². The minimum atomic E-state index is -0.361. The molecule has 0 aliphatic rings. The molecule has 10 heteroatoms. The van der Waals surface area contributed by atoms with Crippen LogP contribution in [0.25, 0.3) is 16.2 Å². The Morgan fingerprint density at radius 1 is 1.00 bits per heavy atom. The van der Waals surface area contributed by atoms with Gasteiger partial charge < -0.3 is 14.8 Å². The third-order valence-electron chi connectivity index (χ3n) is 4.45. The first-order valence-corrected chi connectivity index (χ1v) is 10.1. The number of carbonyl (C=O) groups is 2. The lowest BCUT2D eigenvalue weighted by atomic mass is 10.1. The van der Waals surface area contributed by atoms with E-state index < -0.39 is 0 Å². The Bertz CT molecular complexity index is 1260. The molecule has 0 bridgehead atoms. The van der Waals surface area contributed by atoms with Crippen molar-refractivity contribution >= 4 is 39.7 Å². The normalized spacial score (nSPS) is 10.7. The summed E-state index contributed by atoms with van der Waals surface area (Å²) in [4.78, 5) is 28.8. The van der Waals surface area contributed by atoms with Gasteiger partial charge in [-0.05, 0) is 30.3 Å². The quantitative estimate of drug-likeness (QED) is 0.477. The van der Waals surface area contributed by atoms with Gasteiger partial charge in [0, 0.05) is 29.1 Å². The lowest BCUT2D eigenvalue weighted by Crippen LogP contribution is -2.13. The van der Waals surface area contributed by atoms with E-state index in [0.717, 1.165) is 11.3 Å². The van der Waals surface area contributed by atoms with Gasteiger partial charge in [0.05, 0.1) is 19.9 Å². The lowest BCUT2D eigenvalue weighted by molar-refractivity contribution is -0.114. The number of nitrogens with one attached hydrogen (secondary N) is 2. The molecule has 0 saturated heterocycles. The predicted octanol–water partition coefficient (Wildman–Crippen LogP) is 3.69. The number of hydrogen-bond acceptors (Lipinski definition) is 7. The van der Waals surface area contributed by atoms with E-state index in [1.807, 2.05) is 29.6 Å². The highest BCUT2D eigenvalue weighted by Crippen LogP contribution is 2.29. The maximum Gasteiger partial charge on any atom is 0.258 e. The van der Waals surface area contributed by atoms with Crippen LogP contribution in [-0.4, -0.2) is 40.6 Å². The molecule has 0 spiro atoms. The molecule has 0 saturated carbocycles. The van der Waals surface area contributed by atoms with E-state index in [4.69, 9.17) is 9.47 Å². The topological polar surface area (TPSA) is 107 Å². The van der Waals surface area contributed by atoms with Crippen molar-refractivity contribution in [3.8, 4) is 22.8 Å². The fourth-order valence-corrected chi connectivity index (χ4v) is 3.84. The van der Waals surface area contributed by atoms with Gasteiger partial charge in [-0.25, -0.2) is 4.52 Å². The number of rotatable bonds is 6. The number of benzene rings is 2. The van der Waals surface area contributed by atoms with Crippen LogP contribution in [0.4, 0.5) is 11.6 Å². The van der Waals surface area contributed by atoms with E-state index >= 15 is 0 Å². The molecule has 2 heterocycles. The Hall–Kier alpha value is -3.92. The zero-order valence-corrected chi connectivity index (χ0v) is 17.8. The number of ether oxygens (including phenoxy) is 2. The molecule has 2 aromatic carbocycles. The molecule has 2 amide bonds. The van der Waals surface area contributed by atoms with Crippen LogP contribution in [0.5, 0.6) is 11.5 Å². The Kier molecular flexibility index (Phi) is 5.54. The van der Waals surface area contributed by atoms with Crippen molar-refractivity contribution in [1.82, 2.24) is 14.6 Å². The van der Waals surface area contributed by atoms with E-state index in [1.165, 1.54) is 32.5 Å². The molecule has 2 N–H and O–H groups in total. The van der Waals surface area contributed by atoms with Crippen LogP contribution in [0.1, 0.15) is 17.3 Å². The number of fused-ring (bicyclic) bond motifs is 1. The molecule has 0 aliphatic carbocycles. The number of aromatic nitrogens is 3. The standard InChI is InChI=1S/C21H19N5O4S/c1-12(27)22-15-7-4-13(5-8-15)16-11-31-21-24-20(25-26(16)21)23-19(28)14-6-9-17(29-2)18(10-14)30-3/h4-11H,1-3H3,(H,22,27)(H,23,25,28). The van der Waals surface area contributed by atoms with E-state index in [1.54, 1.807) is 22.7 Å². The summed E-state index contributed by atoms with van der Waals surface area (Å²) in [6, 6.07) is 12.3. The van der Waals surface area contributed by atoms with Crippen molar-refractivity contribution in [2.75, 3.05) is 24.9 Å². The Morgan fingerprint density at radius 3 is 2.42 bits per heavy atom. The van der Waals surface area contributed by atoms with Gasteiger partial charge in [-0.2, -0.15) is 4.98 Å². The van der Waals surface area contributed by atoms with Gasteiger partial charge in [-0.1, -0.05) is 12.1 Å². The van der Waals surface area contributed by atoms with E-state index in [0.29, 0.717) is 27.7 Å². The average molecular weight is 437 g/mol. The highest BCUT2D eigenvalue weighted by molar-refractivity contribution is 7.15. The SMILES string of the molecule is COc1ccc(C(=O)Nc2nc3scc(-c4ccc(NC(C)=O)cc4)n3n2)cc1OC. The summed E-state index contributed by atoms with van der Waals surface area (Å²) in [7, 11) is 3.04. The smallest absolute Gasteiger partial charge is 0.258 e. The molecule has 0 aliphatic heterocycles. The monoisotopic (exact) mass is 437 g/mol. The van der Waals surface area contributed by atoms with Crippen LogP contribution in [0.3, 0.4) is 0 Å². The predicted molar refractivity (Wildman–Crippen MR) is 118 cm³/mol. The second-order valence-electron chi connectivity index (χ2n) is 6.53. The van der Waals surface area contributed by atoms with E-state index in [-0.39, 0.29) is 17.8 Å². The molecule has 0 radical (unpaired) electrons. The summed E-state index contributed by atoms with van der Waals surface area (Å²) in [5.74, 6) is 0.702. The van der Waals surface area contributed by atoms with Crippen molar-refractivity contribution in [2.45, 2.75) is 6.92 Å². The summed E-state index contributed by atoms with van der Waals surface area (Å²) in [6.07, 6.45) is 0. The zero-order chi connectivity index (χ0) is 22.0. The van der Waals surface area contributed by atoms with Crippen LogP contribution >= 0.6 is 11.3 Å². The second-order valence-corrected chi connectivity index (χ2v) is 7.37. The molecular weight excluding hydrogens is 418 g/mol. The van der Waals surface area contributed by atoms with Crippen molar-refractivity contribution in [1.29, 1.82) is 0 Å². The summed E-state index contributed by atoms with van der Waals surface area (Å²) in [5, 5.41) is 11.8. The summed E-state index contributed by atoms with van der Waals surface area (Å²) in [5.41, 5.74) is 2.84. The van der Waals surface area contributed by atoms with Crippen LogP contribution in [0.15, 0.2) is 47.8 Å². The number of nitrogens with zero attached hydrogens (tertiary/aromatic N) is 3. The molecule has 9 nitrogen and oxygen atoms in total. The second kappa shape index (κ2) is 8.44. The minimum absolute atomic E-state index is 0.128. The molecule has 0 fully saturated rings. The van der Waals surface area contributed by atoms with Gasteiger partial charge >= 0.3 is 0 Å².